The van der Waals surface area contributed by atoms with Gasteiger partial charge in [0.15, 0.2) is 9.84 Å². The zero-order valence-electron chi connectivity index (χ0n) is 13.0. The quantitative estimate of drug-likeness (QED) is 0.786. The molecule has 0 saturated carbocycles. The summed E-state index contributed by atoms with van der Waals surface area (Å²) in [5, 5.41) is 8.62. The topological polar surface area (TPSA) is 60.9 Å². The molecule has 0 radical (unpaired) electrons. The van der Waals surface area contributed by atoms with E-state index in [1.807, 2.05) is 9.80 Å². The summed E-state index contributed by atoms with van der Waals surface area (Å²) in [6, 6.07) is 1.98. The lowest BCUT2D eigenvalue weighted by atomic mass is 10.0. The minimum Gasteiger partial charge on any atom is -0.395 e. The van der Waals surface area contributed by atoms with Crippen LogP contribution in [-0.2, 0) is 16.4 Å². The van der Waals surface area contributed by atoms with Gasteiger partial charge in [-0.15, -0.1) is 0 Å². The third-order valence-corrected chi connectivity index (χ3v) is 6.83. The van der Waals surface area contributed by atoms with Gasteiger partial charge in [-0.1, -0.05) is 17.7 Å². The van der Waals surface area contributed by atoms with Crippen molar-refractivity contribution in [3.8, 4) is 0 Å². The molecule has 2 aliphatic rings. The molecule has 0 aliphatic carbocycles. The van der Waals surface area contributed by atoms with Crippen LogP contribution in [0, 0.1) is 11.6 Å². The summed E-state index contributed by atoms with van der Waals surface area (Å²) in [4.78, 5) is 3.88. The van der Waals surface area contributed by atoms with Crippen LogP contribution in [0.5, 0.6) is 0 Å². The second-order valence-corrected chi connectivity index (χ2v) is 8.81. The summed E-state index contributed by atoms with van der Waals surface area (Å²) < 4.78 is 51.5. The minimum atomic E-state index is -3.18. The number of benzene rings is 1. The molecular formula is C15H19ClF2N2O3S. The van der Waals surface area contributed by atoms with E-state index in [9.17, 15) is 17.2 Å². The van der Waals surface area contributed by atoms with Crippen LogP contribution in [0.2, 0.25) is 5.02 Å². The third-order valence-electron chi connectivity index (χ3n) is 4.78. The third kappa shape index (κ3) is 3.43. The summed E-state index contributed by atoms with van der Waals surface area (Å²) in [7, 11) is -3.18. The maximum absolute atomic E-state index is 14.2. The lowest BCUT2D eigenvalue weighted by Gasteiger charge is -2.43. The summed E-state index contributed by atoms with van der Waals surface area (Å²) >= 11 is 5.62. The Morgan fingerprint density at radius 3 is 2.46 bits per heavy atom. The molecule has 1 N–H and O–H groups in total. The molecule has 2 saturated heterocycles. The van der Waals surface area contributed by atoms with Crippen molar-refractivity contribution in [2.45, 2.75) is 18.6 Å². The normalized spacial score (nSPS) is 27.3. The molecular weight excluding hydrogens is 362 g/mol. The first kappa shape index (κ1) is 18.0. The Balaban J connectivity index is 1.83. The van der Waals surface area contributed by atoms with Crippen molar-refractivity contribution in [3.05, 3.63) is 34.4 Å². The van der Waals surface area contributed by atoms with E-state index in [0.29, 0.717) is 19.6 Å². The minimum absolute atomic E-state index is 0.0101. The lowest BCUT2D eigenvalue weighted by molar-refractivity contribution is 0.0302. The summed E-state index contributed by atoms with van der Waals surface area (Å²) in [6.45, 7) is 1.70. The van der Waals surface area contributed by atoms with E-state index in [2.05, 4.69) is 0 Å². The van der Waals surface area contributed by atoms with E-state index in [1.165, 1.54) is 6.07 Å². The van der Waals surface area contributed by atoms with Gasteiger partial charge in [-0.2, -0.15) is 0 Å². The van der Waals surface area contributed by atoms with Gasteiger partial charge in [0, 0.05) is 43.8 Å². The first-order chi connectivity index (χ1) is 11.3. The molecule has 134 valence electrons. The molecule has 9 heteroatoms. The maximum Gasteiger partial charge on any atom is 0.153 e. The number of rotatable bonds is 4. The Morgan fingerprint density at radius 2 is 1.79 bits per heavy atom. The number of sulfone groups is 1. The standard InChI is InChI=1S/C15H19ClF2N2O3S/c16-14-11(17)2-1-10(15(14)18)7-20-4-3-19(5-6-21)12-8-24(22,23)9-13(12)20/h1-2,12-13,21H,3-9H2/t12-,13+/m1/s1. The van der Waals surface area contributed by atoms with E-state index < -0.39 is 26.5 Å². The number of hydrogen-bond acceptors (Lipinski definition) is 5. The number of piperazine rings is 1. The Kier molecular flexibility index (Phi) is 5.13. The van der Waals surface area contributed by atoms with Crippen molar-refractivity contribution >= 4 is 21.4 Å². The number of nitrogens with zero attached hydrogens (tertiary/aromatic N) is 2. The summed E-state index contributed by atoms with van der Waals surface area (Å²) in [6.07, 6.45) is 0. The predicted octanol–water partition coefficient (Wildman–Crippen LogP) is 0.894. The van der Waals surface area contributed by atoms with Gasteiger partial charge in [0.25, 0.3) is 0 Å². The molecule has 1 aromatic rings. The van der Waals surface area contributed by atoms with Gasteiger partial charge in [-0.3, -0.25) is 9.80 Å². The van der Waals surface area contributed by atoms with Gasteiger partial charge in [0.1, 0.15) is 16.7 Å². The lowest BCUT2D eigenvalue weighted by Crippen LogP contribution is -2.59. The molecule has 2 heterocycles. The zero-order valence-corrected chi connectivity index (χ0v) is 14.5. The van der Waals surface area contributed by atoms with E-state index in [4.69, 9.17) is 16.7 Å². The fourth-order valence-electron chi connectivity index (χ4n) is 3.61. The maximum atomic E-state index is 14.2. The second kappa shape index (κ2) is 6.84. The van der Waals surface area contributed by atoms with Crippen molar-refractivity contribution < 1.29 is 22.3 Å². The highest BCUT2D eigenvalue weighted by Crippen LogP contribution is 2.29. The van der Waals surface area contributed by atoms with Gasteiger partial charge < -0.3 is 5.11 Å². The fraction of sp³-hybridized carbons (Fsp3) is 0.600. The summed E-state index contributed by atoms with van der Waals surface area (Å²) in [5.41, 5.74) is 0.250. The monoisotopic (exact) mass is 380 g/mol. The van der Waals surface area contributed by atoms with Crippen LogP contribution < -0.4 is 0 Å². The van der Waals surface area contributed by atoms with Crippen LogP contribution in [0.4, 0.5) is 8.78 Å². The molecule has 2 fully saturated rings. The van der Waals surface area contributed by atoms with Crippen LogP contribution in [0.25, 0.3) is 0 Å². The highest BCUT2D eigenvalue weighted by molar-refractivity contribution is 7.91. The first-order valence-electron chi connectivity index (χ1n) is 7.74. The Labute approximate surface area is 144 Å². The van der Waals surface area contributed by atoms with Crippen molar-refractivity contribution in [1.82, 2.24) is 9.80 Å². The largest absolute Gasteiger partial charge is 0.395 e. The average molecular weight is 381 g/mol. The Bertz CT molecular complexity index is 732. The van der Waals surface area contributed by atoms with Gasteiger partial charge in [-0.25, -0.2) is 17.2 Å². The SMILES string of the molecule is O=S1(=O)C[C@@H]2[C@H](C1)N(Cc1ccc(F)c(Cl)c1F)CCN2CCO. The van der Waals surface area contributed by atoms with E-state index in [1.54, 1.807) is 0 Å². The molecule has 0 spiro atoms. The smallest absolute Gasteiger partial charge is 0.153 e. The second-order valence-electron chi connectivity index (χ2n) is 6.28. The van der Waals surface area contributed by atoms with Crippen molar-refractivity contribution in [3.63, 3.8) is 0 Å². The van der Waals surface area contributed by atoms with E-state index in [-0.39, 0.29) is 42.3 Å². The molecule has 2 aliphatic heterocycles. The van der Waals surface area contributed by atoms with Gasteiger partial charge >= 0.3 is 0 Å². The number of aliphatic hydroxyl groups is 1. The molecule has 0 aromatic heterocycles. The van der Waals surface area contributed by atoms with Gasteiger partial charge in [0.2, 0.25) is 0 Å². The molecule has 2 atom stereocenters. The molecule has 5 nitrogen and oxygen atoms in total. The van der Waals surface area contributed by atoms with Crippen molar-refractivity contribution in [2.75, 3.05) is 37.7 Å². The van der Waals surface area contributed by atoms with Crippen molar-refractivity contribution in [1.29, 1.82) is 0 Å². The van der Waals surface area contributed by atoms with E-state index in [0.717, 1.165) is 6.07 Å². The molecule has 0 bridgehead atoms. The van der Waals surface area contributed by atoms with Gasteiger partial charge in [-0.05, 0) is 6.07 Å². The van der Waals surface area contributed by atoms with Gasteiger partial charge in [0.05, 0.1) is 18.1 Å². The number of hydrogen-bond donors (Lipinski definition) is 1. The summed E-state index contributed by atoms with van der Waals surface area (Å²) in [5.74, 6) is -1.56. The Morgan fingerprint density at radius 1 is 1.17 bits per heavy atom. The number of β-amino-alcohol motifs (C(OH)–C–C–N with tert-alkyl or cyclic N) is 1. The van der Waals surface area contributed by atoms with Crippen molar-refractivity contribution in [2.24, 2.45) is 0 Å². The number of fused-ring (bicyclic) bond motifs is 1. The highest BCUT2D eigenvalue weighted by Gasteiger charge is 2.46. The molecule has 1 aromatic carbocycles. The van der Waals surface area contributed by atoms with Crippen LogP contribution in [0.1, 0.15) is 5.56 Å². The van der Waals surface area contributed by atoms with Crippen LogP contribution in [0.15, 0.2) is 12.1 Å². The molecule has 3 rings (SSSR count). The zero-order chi connectivity index (χ0) is 17.5. The molecule has 0 amide bonds. The molecule has 0 unspecified atom stereocenters. The van der Waals surface area contributed by atoms with Crippen LogP contribution >= 0.6 is 11.6 Å². The first-order valence-corrected chi connectivity index (χ1v) is 9.94. The van der Waals surface area contributed by atoms with E-state index >= 15 is 0 Å². The molecule has 24 heavy (non-hydrogen) atoms. The number of aliphatic hydroxyl groups excluding tert-OH is 1. The fourth-order valence-corrected chi connectivity index (χ4v) is 5.83. The van der Waals surface area contributed by atoms with Crippen LogP contribution in [0.3, 0.4) is 0 Å². The highest BCUT2D eigenvalue weighted by atomic mass is 35.5. The van der Waals surface area contributed by atoms with Crippen LogP contribution in [-0.4, -0.2) is 73.2 Å². The predicted molar refractivity (Wildman–Crippen MR) is 86.7 cm³/mol. The average Bonchev–Trinajstić information content (AvgIpc) is 2.86. The Hall–Kier alpha value is -0.800. The number of halogens is 3.